The molecule has 0 aliphatic carbocycles. The SMILES string of the molecule is COCC[C@@]1(C(=O)OC)CCCNC1. The fourth-order valence-electron chi connectivity index (χ4n) is 1.97. The second kappa shape index (κ2) is 5.32. The van der Waals surface area contributed by atoms with Crippen LogP contribution < -0.4 is 5.32 Å². The first-order valence-corrected chi connectivity index (χ1v) is 5.03. The monoisotopic (exact) mass is 201 g/mol. The van der Waals surface area contributed by atoms with Gasteiger partial charge in [-0.2, -0.15) is 0 Å². The number of ether oxygens (including phenoxy) is 2. The zero-order chi connectivity index (χ0) is 10.4. The molecule has 14 heavy (non-hydrogen) atoms. The quantitative estimate of drug-likeness (QED) is 0.675. The van der Waals surface area contributed by atoms with E-state index in [4.69, 9.17) is 9.47 Å². The molecule has 0 saturated carbocycles. The lowest BCUT2D eigenvalue weighted by molar-refractivity contribution is -0.155. The van der Waals surface area contributed by atoms with E-state index in [2.05, 4.69) is 5.32 Å². The summed E-state index contributed by atoms with van der Waals surface area (Å²) in [6.45, 7) is 2.31. The minimum absolute atomic E-state index is 0.109. The number of methoxy groups -OCH3 is 2. The summed E-state index contributed by atoms with van der Waals surface area (Å²) in [5, 5.41) is 3.24. The van der Waals surface area contributed by atoms with Crippen molar-refractivity contribution < 1.29 is 14.3 Å². The van der Waals surface area contributed by atoms with E-state index in [9.17, 15) is 4.79 Å². The lowest BCUT2D eigenvalue weighted by atomic mass is 9.78. The minimum Gasteiger partial charge on any atom is -0.469 e. The van der Waals surface area contributed by atoms with Gasteiger partial charge in [0.25, 0.3) is 0 Å². The van der Waals surface area contributed by atoms with Crippen LogP contribution in [0.1, 0.15) is 19.3 Å². The number of piperidine rings is 1. The first kappa shape index (κ1) is 11.5. The van der Waals surface area contributed by atoms with Gasteiger partial charge in [-0.3, -0.25) is 4.79 Å². The molecule has 1 saturated heterocycles. The predicted molar refractivity (Wildman–Crippen MR) is 53.0 cm³/mol. The summed E-state index contributed by atoms with van der Waals surface area (Å²) in [4.78, 5) is 11.7. The average Bonchev–Trinajstić information content (AvgIpc) is 2.26. The second-order valence-electron chi connectivity index (χ2n) is 3.80. The molecule has 4 heteroatoms. The summed E-state index contributed by atoms with van der Waals surface area (Å²) in [5.74, 6) is -0.109. The van der Waals surface area contributed by atoms with E-state index in [0.717, 1.165) is 25.8 Å². The Labute approximate surface area is 85.0 Å². The molecule has 0 aromatic heterocycles. The van der Waals surface area contributed by atoms with Crippen molar-refractivity contribution in [1.29, 1.82) is 0 Å². The predicted octanol–water partition coefficient (Wildman–Crippen LogP) is 0.566. The minimum atomic E-state index is -0.358. The van der Waals surface area contributed by atoms with Crippen molar-refractivity contribution in [3.8, 4) is 0 Å². The van der Waals surface area contributed by atoms with Crippen LogP contribution >= 0.6 is 0 Å². The fourth-order valence-corrected chi connectivity index (χ4v) is 1.97. The zero-order valence-corrected chi connectivity index (χ0v) is 8.97. The number of carbonyl (C=O) groups is 1. The van der Waals surface area contributed by atoms with Crippen molar-refractivity contribution in [1.82, 2.24) is 5.32 Å². The largest absolute Gasteiger partial charge is 0.469 e. The molecule has 4 nitrogen and oxygen atoms in total. The number of nitrogens with one attached hydrogen (secondary N) is 1. The van der Waals surface area contributed by atoms with Gasteiger partial charge >= 0.3 is 5.97 Å². The van der Waals surface area contributed by atoms with Crippen molar-refractivity contribution in [3.63, 3.8) is 0 Å². The molecule has 0 radical (unpaired) electrons. The molecule has 1 aliphatic heterocycles. The van der Waals surface area contributed by atoms with Gasteiger partial charge in [-0.05, 0) is 25.8 Å². The fraction of sp³-hybridized carbons (Fsp3) is 0.900. The highest BCUT2D eigenvalue weighted by Gasteiger charge is 2.40. The van der Waals surface area contributed by atoms with Gasteiger partial charge in [0.05, 0.1) is 12.5 Å². The highest BCUT2D eigenvalue weighted by molar-refractivity contribution is 5.77. The molecule has 1 aliphatic rings. The summed E-state index contributed by atoms with van der Waals surface area (Å²) in [6.07, 6.45) is 2.66. The van der Waals surface area contributed by atoms with Gasteiger partial charge in [0.15, 0.2) is 0 Å². The van der Waals surface area contributed by atoms with Crippen LogP contribution in [0.3, 0.4) is 0 Å². The molecule has 1 rings (SSSR count). The molecule has 82 valence electrons. The van der Waals surface area contributed by atoms with Crippen LogP contribution in [-0.4, -0.2) is 39.9 Å². The zero-order valence-electron chi connectivity index (χ0n) is 8.97. The molecule has 0 spiro atoms. The van der Waals surface area contributed by atoms with Gasteiger partial charge in [0.1, 0.15) is 0 Å². The van der Waals surface area contributed by atoms with E-state index in [1.165, 1.54) is 7.11 Å². The number of esters is 1. The van der Waals surface area contributed by atoms with Crippen LogP contribution in [0.25, 0.3) is 0 Å². The van der Waals surface area contributed by atoms with Crippen LogP contribution in [0.5, 0.6) is 0 Å². The maximum absolute atomic E-state index is 11.7. The van der Waals surface area contributed by atoms with E-state index < -0.39 is 0 Å². The smallest absolute Gasteiger partial charge is 0.313 e. The molecule has 1 atom stereocenters. The maximum Gasteiger partial charge on any atom is 0.313 e. The van der Waals surface area contributed by atoms with E-state index in [-0.39, 0.29) is 11.4 Å². The molecule has 0 unspecified atom stereocenters. The van der Waals surface area contributed by atoms with Crippen molar-refractivity contribution in [2.75, 3.05) is 33.9 Å². The van der Waals surface area contributed by atoms with Crippen molar-refractivity contribution >= 4 is 5.97 Å². The Morgan fingerprint density at radius 2 is 2.29 bits per heavy atom. The third kappa shape index (κ3) is 2.45. The van der Waals surface area contributed by atoms with Crippen LogP contribution in [-0.2, 0) is 14.3 Å². The summed E-state index contributed by atoms with van der Waals surface area (Å²) in [5.41, 5.74) is -0.358. The lowest BCUT2D eigenvalue weighted by Gasteiger charge is -2.34. The van der Waals surface area contributed by atoms with E-state index in [1.54, 1.807) is 7.11 Å². The highest BCUT2D eigenvalue weighted by atomic mass is 16.5. The molecule has 0 aromatic carbocycles. The van der Waals surface area contributed by atoms with Crippen LogP contribution in [0.15, 0.2) is 0 Å². The Bertz CT molecular complexity index is 188. The van der Waals surface area contributed by atoms with E-state index >= 15 is 0 Å². The summed E-state index contributed by atoms with van der Waals surface area (Å²) >= 11 is 0. The molecule has 1 N–H and O–H groups in total. The standard InChI is InChI=1S/C10H19NO3/c1-13-7-5-10(9(12)14-2)4-3-6-11-8-10/h11H,3-8H2,1-2H3/t10-/m0/s1. The van der Waals surface area contributed by atoms with E-state index in [0.29, 0.717) is 13.2 Å². The van der Waals surface area contributed by atoms with Gasteiger partial charge in [-0.15, -0.1) is 0 Å². The topological polar surface area (TPSA) is 47.6 Å². The van der Waals surface area contributed by atoms with Crippen molar-refractivity contribution in [2.24, 2.45) is 5.41 Å². The third-order valence-electron chi connectivity index (χ3n) is 2.88. The van der Waals surface area contributed by atoms with Gasteiger partial charge in [0.2, 0.25) is 0 Å². The molecule has 0 aromatic rings. The Morgan fingerprint density at radius 3 is 2.79 bits per heavy atom. The first-order valence-electron chi connectivity index (χ1n) is 5.03. The van der Waals surface area contributed by atoms with Crippen LogP contribution in [0, 0.1) is 5.41 Å². The second-order valence-corrected chi connectivity index (χ2v) is 3.80. The van der Waals surface area contributed by atoms with Crippen LogP contribution in [0.4, 0.5) is 0 Å². The number of hydrogen-bond donors (Lipinski definition) is 1. The number of hydrogen-bond acceptors (Lipinski definition) is 4. The van der Waals surface area contributed by atoms with Gasteiger partial charge in [0, 0.05) is 20.3 Å². The lowest BCUT2D eigenvalue weighted by Crippen LogP contribution is -2.46. The third-order valence-corrected chi connectivity index (χ3v) is 2.88. The molecule has 0 bridgehead atoms. The van der Waals surface area contributed by atoms with Crippen LogP contribution in [0.2, 0.25) is 0 Å². The normalized spacial score (nSPS) is 27.3. The van der Waals surface area contributed by atoms with Gasteiger partial charge in [-0.1, -0.05) is 0 Å². The molecular formula is C10H19NO3. The summed E-state index contributed by atoms with van der Waals surface area (Å²) < 4.78 is 9.88. The van der Waals surface area contributed by atoms with Crippen molar-refractivity contribution in [2.45, 2.75) is 19.3 Å². The van der Waals surface area contributed by atoms with Gasteiger partial charge in [-0.25, -0.2) is 0 Å². The molecular weight excluding hydrogens is 182 g/mol. The molecule has 1 fully saturated rings. The maximum atomic E-state index is 11.7. The number of carbonyl (C=O) groups excluding carboxylic acids is 1. The Balaban J connectivity index is 2.61. The Hall–Kier alpha value is -0.610. The van der Waals surface area contributed by atoms with Gasteiger partial charge < -0.3 is 14.8 Å². The summed E-state index contributed by atoms with van der Waals surface area (Å²) in [7, 11) is 3.10. The summed E-state index contributed by atoms with van der Waals surface area (Å²) in [6, 6.07) is 0. The highest BCUT2D eigenvalue weighted by Crippen LogP contribution is 2.31. The number of rotatable bonds is 4. The average molecular weight is 201 g/mol. The van der Waals surface area contributed by atoms with E-state index in [1.807, 2.05) is 0 Å². The Morgan fingerprint density at radius 1 is 1.50 bits per heavy atom. The molecule has 1 heterocycles. The van der Waals surface area contributed by atoms with Crippen molar-refractivity contribution in [3.05, 3.63) is 0 Å². The Kier molecular flexibility index (Phi) is 4.35. The first-order chi connectivity index (χ1) is 6.75. The molecule has 0 amide bonds.